The number of anilines is 1. The van der Waals surface area contributed by atoms with Gasteiger partial charge in [-0.25, -0.2) is 0 Å². The lowest BCUT2D eigenvalue weighted by Crippen LogP contribution is -2.37. The number of thiophene rings is 1. The van der Waals surface area contributed by atoms with Gasteiger partial charge in [-0.05, 0) is 35.7 Å². The fraction of sp³-hybridized carbons (Fsp3) is 0.312. The number of nitrogens with one attached hydrogen (secondary N) is 2. The van der Waals surface area contributed by atoms with E-state index < -0.39 is 0 Å². The Morgan fingerprint density at radius 1 is 1.24 bits per heavy atom. The van der Waals surface area contributed by atoms with Gasteiger partial charge in [0.15, 0.2) is 0 Å². The molecule has 0 aliphatic heterocycles. The Bertz CT molecular complexity index is 579. The van der Waals surface area contributed by atoms with E-state index in [2.05, 4.69) is 57.9 Å². The molecule has 0 bridgehead atoms. The van der Waals surface area contributed by atoms with Gasteiger partial charge < -0.3 is 10.6 Å². The number of amides is 1. The van der Waals surface area contributed by atoms with Crippen LogP contribution >= 0.6 is 27.3 Å². The number of carbonyl (C=O) groups is 1. The van der Waals surface area contributed by atoms with Crippen LogP contribution in [0.3, 0.4) is 0 Å². The zero-order valence-corrected chi connectivity index (χ0v) is 14.6. The van der Waals surface area contributed by atoms with Crippen LogP contribution in [0, 0.1) is 0 Å². The molecule has 0 aliphatic carbocycles. The third-order valence-electron chi connectivity index (χ3n) is 3.17. The van der Waals surface area contributed by atoms with Gasteiger partial charge in [-0.1, -0.05) is 35.8 Å². The highest BCUT2D eigenvalue weighted by molar-refractivity contribution is 9.10. The second-order valence-corrected chi connectivity index (χ2v) is 7.38. The summed E-state index contributed by atoms with van der Waals surface area (Å²) in [6.07, 6.45) is 0. The number of halogens is 1. The zero-order chi connectivity index (χ0) is 15.3. The molecule has 0 radical (unpaired) electrons. The topological polar surface area (TPSA) is 41.1 Å². The smallest absolute Gasteiger partial charge is 0.238 e. The molecule has 0 unspecified atom stereocenters. The van der Waals surface area contributed by atoms with Crippen LogP contribution in [0.4, 0.5) is 5.69 Å². The first-order chi connectivity index (χ1) is 9.97. The first kappa shape index (κ1) is 16.2. The highest BCUT2D eigenvalue weighted by Crippen LogP contribution is 2.26. The summed E-state index contributed by atoms with van der Waals surface area (Å²) in [4.78, 5) is 13.2. The summed E-state index contributed by atoms with van der Waals surface area (Å²) in [5.41, 5.74) is 0.842. The molecule has 3 nitrogen and oxygen atoms in total. The van der Waals surface area contributed by atoms with Gasteiger partial charge in [0, 0.05) is 27.0 Å². The lowest BCUT2D eigenvalue weighted by Gasteiger charge is -2.23. The maximum atomic E-state index is 11.9. The van der Waals surface area contributed by atoms with Crippen LogP contribution in [-0.4, -0.2) is 19.0 Å². The molecule has 21 heavy (non-hydrogen) atoms. The van der Waals surface area contributed by atoms with Crippen LogP contribution in [0.5, 0.6) is 0 Å². The molecule has 0 fully saturated rings. The Labute approximate surface area is 137 Å². The van der Waals surface area contributed by atoms with Crippen LogP contribution in [-0.2, 0) is 10.2 Å². The number of carbonyl (C=O) groups excluding carboxylic acids is 1. The molecule has 2 N–H and O–H groups in total. The molecule has 0 atom stereocenters. The third-order valence-corrected chi connectivity index (χ3v) is 4.93. The number of hydrogen-bond acceptors (Lipinski definition) is 3. The minimum atomic E-state index is -0.0284. The van der Waals surface area contributed by atoms with E-state index in [1.165, 1.54) is 4.88 Å². The number of rotatable bonds is 6. The standard InChI is InChI=1S/C16H19BrN2OS/c1-16(2,14-4-3-9-21-14)11-18-10-15(20)19-13-7-5-12(17)6-8-13/h3-9,18H,10-11H2,1-2H3,(H,19,20). The van der Waals surface area contributed by atoms with Crippen molar-refractivity contribution in [3.05, 3.63) is 51.1 Å². The molecule has 5 heteroatoms. The monoisotopic (exact) mass is 366 g/mol. The Balaban J connectivity index is 1.78. The zero-order valence-electron chi connectivity index (χ0n) is 12.2. The van der Waals surface area contributed by atoms with Crippen LogP contribution in [0.2, 0.25) is 0 Å². The van der Waals surface area contributed by atoms with Gasteiger partial charge in [-0.15, -0.1) is 11.3 Å². The van der Waals surface area contributed by atoms with Gasteiger partial charge in [0.25, 0.3) is 0 Å². The van der Waals surface area contributed by atoms with Crippen molar-refractivity contribution >= 4 is 38.9 Å². The van der Waals surface area contributed by atoms with Gasteiger partial charge >= 0.3 is 0 Å². The molecule has 2 rings (SSSR count). The first-order valence-corrected chi connectivity index (χ1v) is 8.45. The minimum absolute atomic E-state index is 0.0284. The summed E-state index contributed by atoms with van der Waals surface area (Å²) < 4.78 is 0.997. The van der Waals surface area contributed by atoms with Gasteiger partial charge in [-0.2, -0.15) is 0 Å². The molecule has 112 valence electrons. The van der Waals surface area contributed by atoms with Crippen molar-refractivity contribution in [3.63, 3.8) is 0 Å². The van der Waals surface area contributed by atoms with E-state index in [4.69, 9.17) is 0 Å². The molecular weight excluding hydrogens is 348 g/mol. The van der Waals surface area contributed by atoms with E-state index >= 15 is 0 Å². The van der Waals surface area contributed by atoms with E-state index in [0.717, 1.165) is 16.7 Å². The van der Waals surface area contributed by atoms with Crippen molar-refractivity contribution in [2.24, 2.45) is 0 Å². The summed E-state index contributed by atoms with van der Waals surface area (Å²) in [5.74, 6) is -0.0284. The molecule has 1 amide bonds. The Hall–Kier alpha value is -1.17. The average Bonchev–Trinajstić information content (AvgIpc) is 2.96. The molecule has 0 aliphatic rings. The summed E-state index contributed by atoms with van der Waals surface area (Å²) in [5, 5.41) is 8.18. The van der Waals surface area contributed by atoms with E-state index in [-0.39, 0.29) is 11.3 Å². The summed E-state index contributed by atoms with van der Waals surface area (Å²) in [6.45, 7) is 5.43. The van der Waals surface area contributed by atoms with E-state index in [1.807, 2.05) is 24.3 Å². The highest BCUT2D eigenvalue weighted by atomic mass is 79.9. The minimum Gasteiger partial charge on any atom is -0.325 e. The summed E-state index contributed by atoms with van der Waals surface area (Å²) >= 11 is 5.12. The summed E-state index contributed by atoms with van der Waals surface area (Å²) in [7, 11) is 0. The van der Waals surface area contributed by atoms with Crippen molar-refractivity contribution in [2.45, 2.75) is 19.3 Å². The van der Waals surface area contributed by atoms with Crippen LogP contribution in [0.1, 0.15) is 18.7 Å². The number of hydrogen-bond donors (Lipinski definition) is 2. The average molecular weight is 367 g/mol. The second kappa shape index (κ2) is 7.20. The largest absolute Gasteiger partial charge is 0.325 e. The molecular formula is C16H19BrN2OS. The lowest BCUT2D eigenvalue weighted by molar-refractivity contribution is -0.115. The molecule has 1 heterocycles. The quantitative estimate of drug-likeness (QED) is 0.810. The van der Waals surface area contributed by atoms with E-state index in [1.54, 1.807) is 11.3 Å². The molecule has 1 aromatic carbocycles. The molecule has 2 aromatic rings. The van der Waals surface area contributed by atoms with Crippen LogP contribution in [0.25, 0.3) is 0 Å². The van der Waals surface area contributed by atoms with Gasteiger partial charge in [0.05, 0.1) is 6.54 Å². The predicted octanol–water partition coefficient (Wildman–Crippen LogP) is 4.02. The fourth-order valence-electron chi connectivity index (χ4n) is 1.98. The van der Waals surface area contributed by atoms with E-state index in [9.17, 15) is 4.79 Å². The van der Waals surface area contributed by atoms with Crippen molar-refractivity contribution in [1.82, 2.24) is 5.32 Å². The maximum absolute atomic E-state index is 11.9. The van der Waals surface area contributed by atoms with Gasteiger partial charge in [0.1, 0.15) is 0 Å². The predicted molar refractivity (Wildman–Crippen MR) is 93.0 cm³/mol. The lowest BCUT2D eigenvalue weighted by atomic mass is 9.91. The molecule has 0 saturated carbocycles. The van der Waals surface area contributed by atoms with Crippen molar-refractivity contribution < 1.29 is 4.79 Å². The molecule has 0 spiro atoms. The van der Waals surface area contributed by atoms with E-state index in [0.29, 0.717) is 6.54 Å². The molecule has 1 aromatic heterocycles. The second-order valence-electron chi connectivity index (χ2n) is 5.52. The number of benzene rings is 1. The van der Waals surface area contributed by atoms with Gasteiger partial charge in [-0.3, -0.25) is 4.79 Å². The maximum Gasteiger partial charge on any atom is 0.238 e. The van der Waals surface area contributed by atoms with Crippen LogP contribution < -0.4 is 10.6 Å². The summed E-state index contributed by atoms with van der Waals surface area (Å²) in [6, 6.07) is 11.7. The first-order valence-electron chi connectivity index (χ1n) is 6.77. The van der Waals surface area contributed by atoms with Crippen molar-refractivity contribution in [1.29, 1.82) is 0 Å². The third kappa shape index (κ3) is 4.95. The van der Waals surface area contributed by atoms with Gasteiger partial charge in [0.2, 0.25) is 5.91 Å². The molecule has 0 saturated heterocycles. The fourth-order valence-corrected chi connectivity index (χ4v) is 3.09. The SMILES string of the molecule is CC(C)(CNCC(=O)Nc1ccc(Br)cc1)c1cccs1. The van der Waals surface area contributed by atoms with Crippen molar-refractivity contribution in [3.8, 4) is 0 Å². The Morgan fingerprint density at radius 2 is 1.95 bits per heavy atom. The highest BCUT2D eigenvalue weighted by Gasteiger charge is 2.21. The normalized spacial score (nSPS) is 11.4. The van der Waals surface area contributed by atoms with Crippen molar-refractivity contribution in [2.75, 3.05) is 18.4 Å². The van der Waals surface area contributed by atoms with Crippen LogP contribution in [0.15, 0.2) is 46.3 Å². The Morgan fingerprint density at radius 3 is 2.57 bits per heavy atom. The Kier molecular flexibility index (Phi) is 5.56.